The van der Waals surface area contributed by atoms with Crippen molar-refractivity contribution in [2.75, 3.05) is 0 Å². The van der Waals surface area contributed by atoms with Crippen LogP contribution in [-0.2, 0) is 11.3 Å². The smallest absolute Gasteiger partial charge is 0.250 e. The number of pyridine rings is 1. The Hall–Kier alpha value is -1.71. The number of rotatable bonds is 8. The lowest BCUT2D eigenvalue weighted by atomic mass is 10.1. The molecule has 0 aliphatic carbocycles. The maximum Gasteiger partial charge on any atom is 0.250 e. The number of aldehydes is 1. The predicted molar refractivity (Wildman–Crippen MR) is 69.9 cm³/mol. The molecule has 18 heavy (non-hydrogen) atoms. The van der Waals surface area contributed by atoms with Crippen LogP contribution in [-0.4, -0.2) is 16.6 Å². The zero-order valence-electron chi connectivity index (χ0n) is 10.7. The van der Waals surface area contributed by atoms with Gasteiger partial charge in [0.1, 0.15) is 6.29 Å². The lowest BCUT2D eigenvalue weighted by Crippen LogP contribution is -2.19. The van der Waals surface area contributed by atoms with Gasteiger partial charge < -0.3 is 9.36 Å². The lowest BCUT2D eigenvalue weighted by molar-refractivity contribution is -0.107. The van der Waals surface area contributed by atoms with Crippen molar-refractivity contribution < 1.29 is 9.59 Å². The van der Waals surface area contributed by atoms with Crippen LogP contribution in [0.15, 0.2) is 23.1 Å². The zero-order chi connectivity index (χ0) is 13.4. The van der Waals surface area contributed by atoms with E-state index in [9.17, 15) is 14.4 Å². The summed E-state index contributed by atoms with van der Waals surface area (Å²) < 4.78 is 1.58. The summed E-state index contributed by atoms with van der Waals surface area (Å²) in [5.41, 5.74) is 0.489. The summed E-state index contributed by atoms with van der Waals surface area (Å²) in [5, 5.41) is 0. The fourth-order valence-corrected chi connectivity index (χ4v) is 1.78. The molecule has 0 radical (unpaired) electrons. The van der Waals surface area contributed by atoms with Gasteiger partial charge in [0.15, 0.2) is 5.78 Å². The lowest BCUT2D eigenvalue weighted by Gasteiger charge is -2.06. The minimum atomic E-state index is -0.0760. The van der Waals surface area contributed by atoms with Crippen LogP contribution < -0.4 is 5.56 Å². The molecule has 4 heteroatoms. The second-order valence-corrected chi connectivity index (χ2v) is 4.38. The Morgan fingerprint density at radius 1 is 1.22 bits per heavy atom. The van der Waals surface area contributed by atoms with E-state index in [1.54, 1.807) is 16.8 Å². The molecule has 0 aliphatic heterocycles. The SMILES string of the molecule is CC(=O)c1ccc(=O)n(CCCCCCC=O)c1. The topological polar surface area (TPSA) is 56.1 Å². The van der Waals surface area contributed by atoms with Gasteiger partial charge in [-0.15, -0.1) is 0 Å². The van der Waals surface area contributed by atoms with Crippen molar-refractivity contribution in [2.24, 2.45) is 0 Å². The molecule has 0 saturated carbocycles. The highest BCUT2D eigenvalue weighted by Crippen LogP contribution is 2.04. The molecule has 0 spiro atoms. The summed E-state index contributed by atoms with van der Waals surface area (Å²) >= 11 is 0. The third-order valence-electron chi connectivity index (χ3n) is 2.86. The molecule has 0 fully saturated rings. The molecule has 0 atom stereocenters. The molecule has 0 aromatic carbocycles. The van der Waals surface area contributed by atoms with Gasteiger partial charge in [0, 0.05) is 30.8 Å². The second kappa shape index (κ2) is 7.58. The van der Waals surface area contributed by atoms with Gasteiger partial charge in [-0.1, -0.05) is 12.8 Å². The summed E-state index contributed by atoms with van der Waals surface area (Å²) in [6.07, 6.45) is 6.95. The van der Waals surface area contributed by atoms with Crippen LogP contribution in [0.4, 0.5) is 0 Å². The monoisotopic (exact) mass is 249 g/mol. The number of aryl methyl sites for hydroxylation is 1. The maximum absolute atomic E-state index is 11.6. The summed E-state index contributed by atoms with van der Waals surface area (Å²) in [4.78, 5) is 32.9. The molecule has 0 amide bonds. The number of unbranched alkanes of at least 4 members (excludes halogenated alkanes) is 4. The van der Waals surface area contributed by atoms with E-state index in [4.69, 9.17) is 0 Å². The Morgan fingerprint density at radius 3 is 2.61 bits per heavy atom. The number of carbonyl (C=O) groups is 2. The summed E-state index contributed by atoms with van der Waals surface area (Å²) in [6, 6.07) is 2.99. The fourth-order valence-electron chi connectivity index (χ4n) is 1.78. The standard InChI is InChI=1S/C14H19NO3/c1-12(17)13-7-8-14(18)15(11-13)9-5-3-2-4-6-10-16/h7-8,10-11H,2-6,9H2,1H3. The van der Waals surface area contributed by atoms with E-state index < -0.39 is 0 Å². The highest BCUT2D eigenvalue weighted by Gasteiger charge is 2.02. The van der Waals surface area contributed by atoms with Crippen molar-refractivity contribution >= 4 is 12.1 Å². The molecule has 98 valence electrons. The fraction of sp³-hybridized carbons (Fsp3) is 0.500. The molecular weight excluding hydrogens is 230 g/mol. The van der Waals surface area contributed by atoms with Crippen LogP contribution in [0.25, 0.3) is 0 Å². The van der Waals surface area contributed by atoms with Gasteiger partial charge in [-0.25, -0.2) is 0 Å². The molecule has 1 aromatic rings. The van der Waals surface area contributed by atoms with E-state index in [0.717, 1.165) is 32.0 Å². The van der Waals surface area contributed by atoms with Crippen molar-refractivity contribution in [1.82, 2.24) is 4.57 Å². The number of hydrogen-bond donors (Lipinski definition) is 0. The molecule has 4 nitrogen and oxygen atoms in total. The van der Waals surface area contributed by atoms with Crippen LogP contribution >= 0.6 is 0 Å². The Bertz CT molecular complexity index is 462. The Balaban J connectivity index is 2.46. The predicted octanol–water partition coefficient (Wildman–Crippen LogP) is 2.20. The van der Waals surface area contributed by atoms with E-state index in [-0.39, 0.29) is 11.3 Å². The number of Topliss-reactive ketones (excluding diaryl/α,β-unsaturated/α-hetero) is 1. The molecular formula is C14H19NO3. The molecule has 1 heterocycles. The quantitative estimate of drug-likeness (QED) is 0.403. The molecule has 0 saturated heterocycles. The van der Waals surface area contributed by atoms with Gasteiger partial charge in [-0.05, 0) is 25.8 Å². The number of carbonyl (C=O) groups excluding carboxylic acids is 2. The van der Waals surface area contributed by atoms with Gasteiger partial charge in [0.05, 0.1) is 0 Å². The average Bonchev–Trinajstić information content (AvgIpc) is 2.35. The summed E-state index contributed by atoms with van der Waals surface area (Å²) in [6.45, 7) is 2.12. The van der Waals surface area contributed by atoms with Crippen LogP contribution in [0.1, 0.15) is 49.4 Å². The summed E-state index contributed by atoms with van der Waals surface area (Å²) in [5.74, 6) is -0.0327. The van der Waals surface area contributed by atoms with Crippen LogP contribution in [0, 0.1) is 0 Å². The molecule has 1 rings (SSSR count). The first-order valence-electron chi connectivity index (χ1n) is 6.30. The van der Waals surface area contributed by atoms with E-state index >= 15 is 0 Å². The highest BCUT2D eigenvalue weighted by atomic mass is 16.1. The Morgan fingerprint density at radius 2 is 1.94 bits per heavy atom. The van der Waals surface area contributed by atoms with Gasteiger partial charge >= 0.3 is 0 Å². The first kappa shape index (κ1) is 14.4. The minimum absolute atomic E-state index is 0.0327. The molecule has 0 N–H and O–H groups in total. The van der Waals surface area contributed by atoms with E-state index in [1.807, 2.05) is 0 Å². The van der Waals surface area contributed by atoms with Crippen molar-refractivity contribution in [3.8, 4) is 0 Å². The number of hydrogen-bond acceptors (Lipinski definition) is 3. The van der Waals surface area contributed by atoms with Crippen molar-refractivity contribution in [3.63, 3.8) is 0 Å². The third-order valence-corrected chi connectivity index (χ3v) is 2.86. The maximum atomic E-state index is 11.6. The van der Waals surface area contributed by atoms with Gasteiger partial charge in [0.2, 0.25) is 0 Å². The second-order valence-electron chi connectivity index (χ2n) is 4.38. The van der Waals surface area contributed by atoms with Crippen LogP contribution in [0.5, 0.6) is 0 Å². The van der Waals surface area contributed by atoms with Crippen molar-refractivity contribution in [1.29, 1.82) is 0 Å². The normalized spacial score (nSPS) is 10.3. The number of aromatic nitrogens is 1. The van der Waals surface area contributed by atoms with Crippen molar-refractivity contribution in [2.45, 2.75) is 45.6 Å². The van der Waals surface area contributed by atoms with E-state index in [2.05, 4.69) is 0 Å². The van der Waals surface area contributed by atoms with E-state index in [1.165, 1.54) is 13.0 Å². The molecule has 0 unspecified atom stereocenters. The van der Waals surface area contributed by atoms with Crippen LogP contribution in [0.3, 0.4) is 0 Å². The average molecular weight is 249 g/mol. The first-order chi connectivity index (χ1) is 8.65. The number of nitrogens with zero attached hydrogens (tertiary/aromatic N) is 1. The number of ketones is 1. The van der Waals surface area contributed by atoms with Gasteiger partial charge in [0.25, 0.3) is 5.56 Å². The molecule has 0 bridgehead atoms. The molecule has 0 aliphatic rings. The first-order valence-corrected chi connectivity index (χ1v) is 6.30. The summed E-state index contributed by atoms with van der Waals surface area (Å²) in [7, 11) is 0. The Labute approximate surface area is 107 Å². The van der Waals surface area contributed by atoms with Crippen LogP contribution in [0.2, 0.25) is 0 Å². The Kier molecular flexibility index (Phi) is 6.05. The molecule has 1 aromatic heterocycles. The third kappa shape index (κ3) is 4.65. The van der Waals surface area contributed by atoms with Gasteiger partial charge in [-0.2, -0.15) is 0 Å². The van der Waals surface area contributed by atoms with Crippen molar-refractivity contribution in [3.05, 3.63) is 34.2 Å². The van der Waals surface area contributed by atoms with Gasteiger partial charge in [-0.3, -0.25) is 9.59 Å². The highest BCUT2D eigenvalue weighted by molar-refractivity contribution is 5.93. The minimum Gasteiger partial charge on any atom is -0.315 e. The zero-order valence-corrected chi connectivity index (χ0v) is 10.7. The van der Waals surface area contributed by atoms with E-state index in [0.29, 0.717) is 18.5 Å². The largest absolute Gasteiger partial charge is 0.315 e.